The van der Waals surface area contributed by atoms with Gasteiger partial charge in [0.15, 0.2) is 5.82 Å². The number of aliphatic hydroxyl groups excluding tert-OH is 1. The Labute approximate surface area is 85.8 Å². The van der Waals surface area contributed by atoms with Gasteiger partial charge < -0.3 is 5.11 Å². The van der Waals surface area contributed by atoms with Gasteiger partial charge in [0, 0.05) is 6.42 Å². The molecular formula is C10H10FN3O. The number of hydrogen-bond acceptors (Lipinski definition) is 3. The van der Waals surface area contributed by atoms with Gasteiger partial charge in [0.25, 0.3) is 0 Å². The van der Waals surface area contributed by atoms with Crippen molar-refractivity contribution >= 4 is 0 Å². The summed E-state index contributed by atoms with van der Waals surface area (Å²) in [5, 5.41) is 15.9. The maximum absolute atomic E-state index is 12.8. The maximum atomic E-state index is 12.8. The molecule has 0 amide bonds. The van der Waals surface area contributed by atoms with E-state index in [0.29, 0.717) is 12.2 Å². The quantitative estimate of drug-likeness (QED) is 0.795. The van der Waals surface area contributed by atoms with Crippen LogP contribution in [0.1, 0.15) is 17.5 Å². The highest BCUT2D eigenvalue weighted by Crippen LogP contribution is 2.14. The standard InChI is InChI=1S/C10H10FN3O/c11-8-3-1-2-7(4-8)5-9(15)10-12-6-13-14-10/h1-4,6,9,15H,5H2,(H,12,13,14). The van der Waals surface area contributed by atoms with E-state index in [1.165, 1.54) is 18.5 Å². The Kier molecular flexibility index (Phi) is 2.73. The fraction of sp³-hybridized carbons (Fsp3) is 0.200. The summed E-state index contributed by atoms with van der Waals surface area (Å²) in [6.07, 6.45) is 0.853. The molecule has 2 N–H and O–H groups in total. The number of aromatic amines is 1. The lowest BCUT2D eigenvalue weighted by Gasteiger charge is -2.06. The number of hydrogen-bond donors (Lipinski definition) is 2. The number of aromatic nitrogens is 3. The molecule has 0 bridgehead atoms. The van der Waals surface area contributed by atoms with E-state index in [4.69, 9.17) is 0 Å². The van der Waals surface area contributed by atoms with E-state index >= 15 is 0 Å². The third-order valence-corrected chi connectivity index (χ3v) is 2.07. The van der Waals surface area contributed by atoms with Crippen molar-refractivity contribution in [3.63, 3.8) is 0 Å². The van der Waals surface area contributed by atoms with Crippen molar-refractivity contribution in [1.29, 1.82) is 0 Å². The molecule has 5 heteroatoms. The minimum atomic E-state index is -0.783. The number of aliphatic hydroxyl groups is 1. The highest BCUT2D eigenvalue weighted by Gasteiger charge is 2.11. The lowest BCUT2D eigenvalue weighted by atomic mass is 10.1. The van der Waals surface area contributed by atoms with Crippen LogP contribution in [0.15, 0.2) is 30.6 Å². The zero-order valence-electron chi connectivity index (χ0n) is 7.89. The number of halogens is 1. The first-order valence-corrected chi connectivity index (χ1v) is 4.53. The van der Waals surface area contributed by atoms with Crippen molar-refractivity contribution < 1.29 is 9.50 Å². The predicted octanol–water partition coefficient (Wildman–Crippen LogP) is 1.22. The fourth-order valence-corrected chi connectivity index (χ4v) is 1.36. The maximum Gasteiger partial charge on any atom is 0.153 e. The van der Waals surface area contributed by atoms with Crippen LogP contribution in [0.4, 0.5) is 4.39 Å². The second-order valence-corrected chi connectivity index (χ2v) is 3.22. The highest BCUT2D eigenvalue weighted by atomic mass is 19.1. The Morgan fingerprint density at radius 2 is 2.33 bits per heavy atom. The first-order valence-electron chi connectivity index (χ1n) is 4.53. The molecule has 0 aliphatic rings. The SMILES string of the molecule is OC(Cc1cccc(F)c1)c1ncn[nH]1. The van der Waals surface area contributed by atoms with E-state index in [1.54, 1.807) is 12.1 Å². The first kappa shape index (κ1) is 9.79. The van der Waals surface area contributed by atoms with Gasteiger partial charge in [-0.3, -0.25) is 5.10 Å². The highest BCUT2D eigenvalue weighted by molar-refractivity contribution is 5.17. The van der Waals surface area contributed by atoms with Crippen molar-refractivity contribution in [2.75, 3.05) is 0 Å². The van der Waals surface area contributed by atoms with Crippen molar-refractivity contribution in [2.24, 2.45) is 0 Å². The molecule has 1 heterocycles. The molecule has 1 atom stereocenters. The van der Waals surface area contributed by atoms with Crippen LogP contribution in [-0.2, 0) is 6.42 Å². The van der Waals surface area contributed by atoms with E-state index in [1.807, 2.05) is 0 Å². The Balaban J connectivity index is 2.09. The fourth-order valence-electron chi connectivity index (χ4n) is 1.36. The molecule has 1 unspecified atom stereocenters. The number of nitrogens with zero attached hydrogens (tertiary/aromatic N) is 2. The van der Waals surface area contributed by atoms with Crippen LogP contribution in [-0.4, -0.2) is 20.3 Å². The second kappa shape index (κ2) is 4.18. The topological polar surface area (TPSA) is 61.8 Å². The second-order valence-electron chi connectivity index (χ2n) is 3.22. The van der Waals surface area contributed by atoms with E-state index in [2.05, 4.69) is 15.2 Å². The summed E-state index contributed by atoms with van der Waals surface area (Å²) in [4.78, 5) is 3.82. The van der Waals surface area contributed by atoms with Crippen LogP contribution in [0.5, 0.6) is 0 Å². The Morgan fingerprint density at radius 3 is 3.00 bits per heavy atom. The summed E-state index contributed by atoms with van der Waals surface area (Å²) in [7, 11) is 0. The van der Waals surface area contributed by atoms with E-state index in [0.717, 1.165) is 5.56 Å². The average Bonchev–Trinajstić information content (AvgIpc) is 2.70. The van der Waals surface area contributed by atoms with Gasteiger partial charge in [0.05, 0.1) is 0 Å². The van der Waals surface area contributed by atoms with Gasteiger partial charge in [-0.05, 0) is 17.7 Å². The number of rotatable bonds is 3. The van der Waals surface area contributed by atoms with Crippen LogP contribution in [0, 0.1) is 5.82 Å². The van der Waals surface area contributed by atoms with E-state index in [9.17, 15) is 9.50 Å². The van der Waals surface area contributed by atoms with Gasteiger partial charge in [-0.1, -0.05) is 12.1 Å². The largest absolute Gasteiger partial charge is 0.385 e. The van der Waals surface area contributed by atoms with Crippen molar-refractivity contribution in [3.05, 3.63) is 47.8 Å². The molecule has 1 aromatic carbocycles. The number of H-pyrrole nitrogens is 1. The Bertz CT molecular complexity index is 430. The Morgan fingerprint density at radius 1 is 1.47 bits per heavy atom. The molecule has 4 nitrogen and oxygen atoms in total. The molecule has 0 spiro atoms. The lowest BCUT2D eigenvalue weighted by molar-refractivity contribution is 0.168. The van der Waals surface area contributed by atoms with Gasteiger partial charge >= 0.3 is 0 Å². The Hall–Kier alpha value is -1.75. The molecule has 0 fully saturated rings. The number of nitrogens with one attached hydrogen (secondary N) is 1. The lowest BCUT2D eigenvalue weighted by Crippen LogP contribution is -2.04. The van der Waals surface area contributed by atoms with Crippen molar-refractivity contribution in [1.82, 2.24) is 15.2 Å². The zero-order chi connectivity index (χ0) is 10.7. The van der Waals surface area contributed by atoms with Gasteiger partial charge in [0.1, 0.15) is 18.2 Å². The zero-order valence-corrected chi connectivity index (χ0v) is 7.89. The molecule has 0 aliphatic carbocycles. The van der Waals surface area contributed by atoms with Gasteiger partial charge in [-0.2, -0.15) is 5.10 Å². The molecule has 0 saturated carbocycles. The van der Waals surface area contributed by atoms with Crippen molar-refractivity contribution in [2.45, 2.75) is 12.5 Å². The molecule has 15 heavy (non-hydrogen) atoms. The summed E-state index contributed by atoms with van der Waals surface area (Å²) in [6, 6.07) is 6.12. The third-order valence-electron chi connectivity index (χ3n) is 2.07. The number of benzene rings is 1. The summed E-state index contributed by atoms with van der Waals surface area (Å²) < 4.78 is 12.8. The monoisotopic (exact) mass is 207 g/mol. The van der Waals surface area contributed by atoms with Crippen LogP contribution in [0.25, 0.3) is 0 Å². The summed E-state index contributed by atoms with van der Waals surface area (Å²) in [5.74, 6) is 0.0801. The van der Waals surface area contributed by atoms with Gasteiger partial charge in [0.2, 0.25) is 0 Å². The summed E-state index contributed by atoms with van der Waals surface area (Å²) in [6.45, 7) is 0. The molecule has 2 rings (SSSR count). The van der Waals surface area contributed by atoms with E-state index < -0.39 is 6.10 Å². The minimum Gasteiger partial charge on any atom is -0.385 e. The van der Waals surface area contributed by atoms with Crippen LogP contribution >= 0.6 is 0 Å². The molecule has 0 saturated heterocycles. The molecule has 2 aromatic rings. The van der Waals surface area contributed by atoms with Crippen LogP contribution < -0.4 is 0 Å². The molecule has 78 valence electrons. The summed E-state index contributed by atoms with van der Waals surface area (Å²) >= 11 is 0. The molecule has 1 aromatic heterocycles. The molecular weight excluding hydrogens is 197 g/mol. The first-order chi connectivity index (χ1) is 7.25. The normalized spacial score (nSPS) is 12.7. The van der Waals surface area contributed by atoms with Crippen LogP contribution in [0.3, 0.4) is 0 Å². The molecule has 0 aliphatic heterocycles. The van der Waals surface area contributed by atoms with Crippen LogP contribution in [0.2, 0.25) is 0 Å². The van der Waals surface area contributed by atoms with Gasteiger partial charge in [-0.25, -0.2) is 9.37 Å². The molecule has 0 radical (unpaired) electrons. The van der Waals surface area contributed by atoms with E-state index in [-0.39, 0.29) is 5.82 Å². The third kappa shape index (κ3) is 2.38. The predicted molar refractivity (Wildman–Crippen MR) is 51.4 cm³/mol. The average molecular weight is 207 g/mol. The van der Waals surface area contributed by atoms with Crippen molar-refractivity contribution in [3.8, 4) is 0 Å². The minimum absolute atomic E-state index is 0.308. The smallest absolute Gasteiger partial charge is 0.153 e. The summed E-state index contributed by atoms with van der Waals surface area (Å²) in [5.41, 5.74) is 0.721. The van der Waals surface area contributed by atoms with Gasteiger partial charge in [-0.15, -0.1) is 0 Å².